The van der Waals surface area contributed by atoms with Gasteiger partial charge in [-0.25, -0.2) is 4.79 Å². The Kier molecular flexibility index (Phi) is 1.38. The van der Waals surface area contributed by atoms with Crippen LogP contribution in [0.4, 0.5) is 0 Å². The van der Waals surface area contributed by atoms with Crippen LogP contribution < -0.4 is 0 Å². The number of fused-ring (bicyclic) bond motifs is 1. The summed E-state index contributed by atoms with van der Waals surface area (Å²) >= 11 is 0. The van der Waals surface area contributed by atoms with Crippen molar-refractivity contribution in [3.05, 3.63) is 0 Å². The molecule has 1 fully saturated rings. The molecule has 2 aliphatic rings. The third kappa shape index (κ3) is 0.841. The Bertz CT molecular complexity index is 216. The van der Waals surface area contributed by atoms with Crippen molar-refractivity contribution >= 4 is 5.97 Å². The fraction of sp³-hybridized carbons (Fsp3) is 0.833. The van der Waals surface area contributed by atoms with Gasteiger partial charge in [-0.3, -0.25) is 0 Å². The molecule has 0 N–H and O–H groups in total. The average molecular weight is 156 g/mol. The van der Waals surface area contributed by atoms with E-state index in [-0.39, 0.29) is 11.9 Å². The van der Waals surface area contributed by atoms with Crippen molar-refractivity contribution < 1.29 is 14.3 Å². The van der Waals surface area contributed by atoms with Crippen LogP contribution in [-0.2, 0) is 14.3 Å². The first-order valence-corrected chi connectivity index (χ1v) is 3.43. The van der Waals surface area contributed by atoms with E-state index in [9.17, 15) is 4.79 Å². The van der Waals surface area contributed by atoms with E-state index >= 15 is 0 Å². The molecule has 0 aromatic carbocycles. The number of rotatable bonds is 1. The van der Waals surface area contributed by atoms with E-state index in [4.69, 9.17) is 9.47 Å². The summed E-state index contributed by atoms with van der Waals surface area (Å²) in [5, 5.41) is 7.51. The van der Waals surface area contributed by atoms with Gasteiger partial charge in [-0.15, -0.1) is 0 Å². The van der Waals surface area contributed by atoms with Gasteiger partial charge in [-0.1, -0.05) is 0 Å². The number of methoxy groups -OCH3 is 1. The van der Waals surface area contributed by atoms with Crippen LogP contribution >= 0.6 is 0 Å². The molecule has 3 atom stereocenters. The van der Waals surface area contributed by atoms with Gasteiger partial charge in [0.2, 0.25) is 6.29 Å². The molecule has 0 aliphatic carbocycles. The number of nitrogens with zero attached hydrogens (tertiary/aromatic N) is 2. The average Bonchev–Trinajstić information content (AvgIpc) is 2.54. The number of azo groups is 1. The van der Waals surface area contributed by atoms with Crippen LogP contribution in [0.25, 0.3) is 0 Å². The highest BCUT2D eigenvalue weighted by Crippen LogP contribution is 2.30. The zero-order valence-corrected chi connectivity index (χ0v) is 6.06. The Balaban J connectivity index is 2.18. The van der Waals surface area contributed by atoms with E-state index in [1.807, 2.05) is 0 Å². The smallest absolute Gasteiger partial charge is 0.335 e. The lowest BCUT2D eigenvalue weighted by atomic mass is 10.0. The standard InChI is InChI=1S/C6H8N2O3/c1-10-6-3-2-7-8-4(3)5(9)11-6/h3-4,6H,2H2,1H3/t3-,4+,6-/m1/s1. The quantitative estimate of drug-likeness (QED) is 0.501. The van der Waals surface area contributed by atoms with Gasteiger partial charge in [0, 0.05) is 7.11 Å². The summed E-state index contributed by atoms with van der Waals surface area (Å²) in [4.78, 5) is 11.0. The maximum Gasteiger partial charge on any atom is 0.335 e. The summed E-state index contributed by atoms with van der Waals surface area (Å²) in [5.74, 6) is -0.310. The molecule has 5 heteroatoms. The first-order chi connectivity index (χ1) is 5.33. The normalized spacial score (nSPS) is 40.8. The Morgan fingerprint density at radius 2 is 2.55 bits per heavy atom. The van der Waals surface area contributed by atoms with Crippen molar-refractivity contribution in [2.45, 2.75) is 12.3 Å². The first-order valence-electron chi connectivity index (χ1n) is 3.43. The second-order valence-corrected chi connectivity index (χ2v) is 2.59. The highest BCUT2D eigenvalue weighted by Gasteiger charge is 2.47. The molecule has 11 heavy (non-hydrogen) atoms. The minimum Gasteiger partial charge on any atom is -0.434 e. The number of carbonyl (C=O) groups is 1. The molecule has 2 aliphatic heterocycles. The third-order valence-corrected chi connectivity index (χ3v) is 1.96. The number of carbonyl (C=O) groups excluding carboxylic acids is 1. The molecule has 0 aromatic rings. The number of esters is 1. The molecule has 0 unspecified atom stereocenters. The molecule has 0 radical (unpaired) electrons. The Hall–Kier alpha value is -0.970. The van der Waals surface area contributed by atoms with Gasteiger partial charge in [-0.05, 0) is 0 Å². The van der Waals surface area contributed by atoms with Gasteiger partial charge in [0.1, 0.15) is 0 Å². The van der Waals surface area contributed by atoms with Gasteiger partial charge >= 0.3 is 5.97 Å². The zero-order chi connectivity index (χ0) is 7.84. The summed E-state index contributed by atoms with van der Waals surface area (Å²) in [5.41, 5.74) is 0. The van der Waals surface area contributed by atoms with E-state index in [1.165, 1.54) is 7.11 Å². The van der Waals surface area contributed by atoms with Crippen LogP contribution in [0, 0.1) is 5.92 Å². The SMILES string of the molecule is CO[C@@H]1OC(=O)[C@H]2N=NC[C@@H]12. The van der Waals surface area contributed by atoms with Crippen LogP contribution in [0.1, 0.15) is 0 Å². The lowest BCUT2D eigenvalue weighted by Crippen LogP contribution is -2.23. The Morgan fingerprint density at radius 1 is 1.73 bits per heavy atom. The molecule has 0 aromatic heterocycles. The summed E-state index contributed by atoms with van der Waals surface area (Å²) in [6.07, 6.45) is -0.442. The monoisotopic (exact) mass is 156 g/mol. The summed E-state index contributed by atoms with van der Waals surface area (Å²) in [6.45, 7) is 0.537. The highest BCUT2D eigenvalue weighted by atomic mass is 16.7. The van der Waals surface area contributed by atoms with Crippen LogP contribution in [0.5, 0.6) is 0 Å². The van der Waals surface area contributed by atoms with Gasteiger partial charge in [0.25, 0.3) is 0 Å². The van der Waals surface area contributed by atoms with Crippen LogP contribution in [0.15, 0.2) is 10.2 Å². The van der Waals surface area contributed by atoms with Gasteiger partial charge < -0.3 is 9.47 Å². The van der Waals surface area contributed by atoms with E-state index < -0.39 is 12.3 Å². The van der Waals surface area contributed by atoms with E-state index in [2.05, 4.69) is 10.2 Å². The van der Waals surface area contributed by atoms with Gasteiger partial charge in [-0.2, -0.15) is 10.2 Å². The van der Waals surface area contributed by atoms with Crippen LogP contribution in [0.3, 0.4) is 0 Å². The third-order valence-electron chi connectivity index (χ3n) is 1.96. The zero-order valence-electron chi connectivity index (χ0n) is 6.06. The molecule has 5 nitrogen and oxygen atoms in total. The van der Waals surface area contributed by atoms with Crippen molar-refractivity contribution in [3.8, 4) is 0 Å². The van der Waals surface area contributed by atoms with E-state index in [0.29, 0.717) is 6.54 Å². The van der Waals surface area contributed by atoms with E-state index in [0.717, 1.165) is 0 Å². The van der Waals surface area contributed by atoms with Gasteiger partial charge in [0.05, 0.1) is 12.5 Å². The molecule has 2 heterocycles. The summed E-state index contributed by atoms with van der Waals surface area (Å²) < 4.78 is 9.80. The highest BCUT2D eigenvalue weighted by molar-refractivity contribution is 5.78. The number of hydrogen-bond donors (Lipinski definition) is 0. The summed E-state index contributed by atoms with van der Waals surface area (Å²) in [7, 11) is 1.51. The van der Waals surface area contributed by atoms with Crippen molar-refractivity contribution in [1.29, 1.82) is 0 Å². The fourth-order valence-corrected chi connectivity index (χ4v) is 1.37. The predicted octanol–water partition coefficient (Wildman–Crippen LogP) is -0.0337. The molecule has 0 spiro atoms. The molecule has 1 saturated heterocycles. The van der Waals surface area contributed by atoms with Crippen molar-refractivity contribution in [3.63, 3.8) is 0 Å². The second kappa shape index (κ2) is 2.27. The number of ether oxygens (including phenoxy) is 2. The maximum atomic E-state index is 11.0. The number of cyclic esters (lactones) is 1. The molecule has 0 saturated carbocycles. The van der Waals surface area contributed by atoms with E-state index in [1.54, 1.807) is 0 Å². The lowest BCUT2D eigenvalue weighted by molar-refractivity contribution is -0.161. The molecule has 2 rings (SSSR count). The lowest BCUT2D eigenvalue weighted by Gasteiger charge is -2.10. The largest absolute Gasteiger partial charge is 0.434 e. The minimum absolute atomic E-state index is 0.00694. The van der Waals surface area contributed by atoms with Crippen LogP contribution in [0.2, 0.25) is 0 Å². The molecular formula is C6H8N2O3. The Labute approximate surface area is 63.4 Å². The van der Waals surface area contributed by atoms with Crippen molar-refractivity contribution in [1.82, 2.24) is 0 Å². The predicted molar refractivity (Wildman–Crippen MR) is 33.9 cm³/mol. The number of hydrogen-bond acceptors (Lipinski definition) is 5. The van der Waals surface area contributed by atoms with Gasteiger partial charge in [0.15, 0.2) is 6.04 Å². The maximum absolute atomic E-state index is 11.0. The molecular weight excluding hydrogens is 148 g/mol. The Morgan fingerprint density at radius 3 is 3.27 bits per heavy atom. The summed E-state index contributed by atoms with van der Waals surface area (Å²) in [6, 6.07) is -0.403. The van der Waals surface area contributed by atoms with Crippen molar-refractivity contribution in [2.24, 2.45) is 16.1 Å². The fourth-order valence-electron chi connectivity index (χ4n) is 1.37. The minimum atomic E-state index is -0.442. The van der Waals surface area contributed by atoms with Crippen LogP contribution in [-0.4, -0.2) is 32.0 Å². The molecule has 0 bridgehead atoms. The van der Waals surface area contributed by atoms with Crippen molar-refractivity contribution in [2.75, 3.05) is 13.7 Å². The molecule has 60 valence electrons. The first kappa shape index (κ1) is 6.72. The second-order valence-electron chi connectivity index (χ2n) is 2.59. The topological polar surface area (TPSA) is 60.2 Å². The molecule has 0 amide bonds.